The van der Waals surface area contributed by atoms with E-state index in [2.05, 4.69) is 14.8 Å². The maximum atomic E-state index is 12.3. The van der Waals surface area contributed by atoms with E-state index in [1.54, 1.807) is 5.48 Å². The van der Waals surface area contributed by atoms with Crippen molar-refractivity contribution in [1.29, 1.82) is 0 Å². The van der Waals surface area contributed by atoms with Crippen molar-refractivity contribution in [3.05, 3.63) is 90.1 Å². The fourth-order valence-electron chi connectivity index (χ4n) is 3.82. The minimum absolute atomic E-state index is 0.437. The molecule has 148 valence electrons. The van der Waals surface area contributed by atoms with Gasteiger partial charge in [-0.1, -0.05) is 48.5 Å². The van der Waals surface area contributed by atoms with Crippen molar-refractivity contribution < 1.29 is 10.0 Å². The van der Waals surface area contributed by atoms with Crippen LogP contribution >= 0.6 is 0 Å². The van der Waals surface area contributed by atoms with Gasteiger partial charge in [0, 0.05) is 38.1 Å². The number of carbonyl (C=O) groups excluding carboxylic acids is 1. The number of rotatable bonds is 5. The molecule has 3 aromatic rings. The Hall–Kier alpha value is -3.38. The van der Waals surface area contributed by atoms with Gasteiger partial charge in [0.2, 0.25) is 0 Å². The summed E-state index contributed by atoms with van der Waals surface area (Å²) in [5.74, 6) is 0.0346. The van der Waals surface area contributed by atoms with Crippen molar-refractivity contribution >= 4 is 17.4 Å². The molecule has 2 aromatic carbocycles. The molecule has 1 aromatic heterocycles. The molecule has 29 heavy (non-hydrogen) atoms. The number of benzene rings is 2. The number of piperazine rings is 1. The Morgan fingerprint density at radius 2 is 1.45 bits per heavy atom. The average molecular weight is 388 g/mol. The SMILES string of the molecule is O=C(NO)C(c1ccccc1)c1ccc(N2CCN(c3ccccn3)CC2)cc1. The van der Waals surface area contributed by atoms with Crippen molar-refractivity contribution in [3.8, 4) is 0 Å². The molecule has 1 fully saturated rings. The second kappa shape index (κ2) is 8.75. The molecule has 0 aliphatic carbocycles. The van der Waals surface area contributed by atoms with Gasteiger partial charge in [-0.3, -0.25) is 10.0 Å². The number of pyridine rings is 1. The molecular formula is C23H24N4O2. The Morgan fingerprint density at radius 1 is 0.828 bits per heavy atom. The Morgan fingerprint density at radius 3 is 2.07 bits per heavy atom. The number of nitrogens with one attached hydrogen (secondary N) is 1. The zero-order valence-electron chi connectivity index (χ0n) is 16.1. The number of anilines is 2. The van der Waals surface area contributed by atoms with E-state index in [1.807, 2.05) is 79.0 Å². The van der Waals surface area contributed by atoms with Crippen molar-refractivity contribution in [3.63, 3.8) is 0 Å². The van der Waals surface area contributed by atoms with Gasteiger partial charge in [0.1, 0.15) is 5.82 Å². The van der Waals surface area contributed by atoms with E-state index in [0.29, 0.717) is 0 Å². The first-order valence-electron chi connectivity index (χ1n) is 9.76. The van der Waals surface area contributed by atoms with Crippen LogP contribution in [0.25, 0.3) is 0 Å². The van der Waals surface area contributed by atoms with Crippen LogP contribution in [0.3, 0.4) is 0 Å². The highest BCUT2D eigenvalue weighted by Gasteiger charge is 2.23. The molecule has 2 heterocycles. The van der Waals surface area contributed by atoms with Crippen LogP contribution in [-0.2, 0) is 4.79 Å². The van der Waals surface area contributed by atoms with Crippen molar-refractivity contribution in [2.45, 2.75) is 5.92 Å². The van der Waals surface area contributed by atoms with E-state index < -0.39 is 11.8 Å². The number of hydrogen-bond donors (Lipinski definition) is 2. The summed E-state index contributed by atoms with van der Waals surface area (Å²) in [5.41, 5.74) is 4.62. The summed E-state index contributed by atoms with van der Waals surface area (Å²) in [4.78, 5) is 21.4. The lowest BCUT2D eigenvalue weighted by atomic mass is 9.90. The number of amides is 1. The third-order valence-corrected chi connectivity index (χ3v) is 5.35. The summed E-state index contributed by atoms with van der Waals surface area (Å²) in [7, 11) is 0. The van der Waals surface area contributed by atoms with Gasteiger partial charge in [-0.2, -0.15) is 0 Å². The molecule has 6 nitrogen and oxygen atoms in total. The summed E-state index contributed by atoms with van der Waals surface area (Å²) in [6.07, 6.45) is 1.83. The van der Waals surface area contributed by atoms with E-state index in [9.17, 15) is 10.0 Å². The Kier molecular flexibility index (Phi) is 5.72. The second-order valence-electron chi connectivity index (χ2n) is 7.07. The fraction of sp³-hybridized carbons (Fsp3) is 0.217. The van der Waals surface area contributed by atoms with Crippen molar-refractivity contribution in [1.82, 2.24) is 10.5 Å². The summed E-state index contributed by atoms with van der Waals surface area (Å²) in [5, 5.41) is 9.19. The van der Waals surface area contributed by atoms with Gasteiger partial charge in [-0.25, -0.2) is 10.5 Å². The molecule has 1 atom stereocenters. The topological polar surface area (TPSA) is 68.7 Å². The summed E-state index contributed by atoms with van der Waals surface area (Å²) < 4.78 is 0. The molecule has 0 bridgehead atoms. The number of carbonyl (C=O) groups is 1. The Bertz CT molecular complexity index is 924. The average Bonchev–Trinajstić information content (AvgIpc) is 2.81. The molecule has 6 heteroatoms. The maximum Gasteiger partial charge on any atom is 0.255 e. The van der Waals surface area contributed by atoms with E-state index in [-0.39, 0.29) is 0 Å². The van der Waals surface area contributed by atoms with Gasteiger partial charge in [0.05, 0.1) is 5.92 Å². The van der Waals surface area contributed by atoms with Crippen LogP contribution in [0, 0.1) is 0 Å². The Labute approximate surface area is 170 Å². The molecule has 1 unspecified atom stereocenters. The largest absolute Gasteiger partial charge is 0.368 e. The first kappa shape index (κ1) is 19.0. The highest BCUT2D eigenvalue weighted by Crippen LogP contribution is 2.27. The lowest BCUT2D eigenvalue weighted by Crippen LogP contribution is -2.46. The van der Waals surface area contributed by atoms with Crippen LogP contribution in [0.4, 0.5) is 11.5 Å². The van der Waals surface area contributed by atoms with Gasteiger partial charge in [0.15, 0.2) is 0 Å². The second-order valence-corrected chi connectivity index (χ2v) is 7.07. The molecule has 2 N–H and O–H groups in total. The predicted octanol–water partition coefficient (Wildman–Crippen LogP) is 3.05. The lowest BCUT2D eigenvalue weighted by molar-refractivity contribution is -0.129. The molecule has 1 aliphatic heterocycles. The normalized spacial score (nSPS) is 15.1. The zero-order valence-corrected chi connectivity index (χ0v) is 16.1. The molecule has 0 spiro atoms. The van der Waals surface area contributed by atoms with E-state index >= 15 is 0 Å². The highest BCUT2D eigenvalue weighted by molar-refractivity contribution is 5.86. The third kappa shape index (κ3) is 4.22. The summed E-state index contributed by atoms with van der Waals surface area (Å²) in [6, 6.07) is 23.5. The van der Waals surface area contributed by atoms with Gasteiger partial charge in [0.25, 0.3) is 5.91 Å². The molecule has 4 rings (SSSR count). The van der Waals surface area contributed by atoms with Crippen LogP contribution in [0.15, 0.2) is 79.0 Å². The first-order chi connectivity index (χ1) is 14.3. The fourth-order valence-corrected chi connectivity index (χ4v) is 3.82. The van der Waals surface area contributed by atoms with Gasteiger partial charge >= 0.3 is 0 Å². The van der Waals surface area contributed by atoms with Crippen molar-refractivity contribution in [2.24, 2.45) is 0 Å². The Balaban J connectivity index is 1.47. The zero-order chi connectivity index (χ0) is 20.1. The number of aromatic nitrogens is 1. The molecule has 0 radical (unpaired) electrons. The molecule has 1 amide bonds. The quantitative estimate of drug-likeness (QED) is 0.519. The van der Waals surface area contributed by atoms with Gasteiger partial charge in [-0.15, -0.1) is 0 Å². The minimum Gasteiger partial charge on any atom is -0.368 e. The number of hydroxylamine groups is 1. The number of hydrogen-bond acceptors (Lipinski definition) is 5. The van der Waals surface area contributed by atoms with Gasteiger partial charge in [-0.05, 0) is 35.4 Å². The number of nitrogens with zero attached hydrogens (tertiary/aromatic N) is 3. The van der Waals surface area contributed by atoms with Crippen LogP contribution in [-0.4, -0.2) is 42.3 Å². The van der Waals surface area contributed by atoms with Crippen LogP contribution in [0.1, 0.15) is 17.0 Å². The molecule has 1 aliphatic rings. The highest BCUT2D eigenvalue weighted by atomic mass is 16.5. The smallest absolute Gasteiger partial charge is 0.255 e. The predicted molar refractivity (Wildman–Crippen MR) is 113 cm³/mol. The summed E-state index contributed by atoms with van der Waals surface area (Å²) >= 11 is 0. The standard InChI is InChI=1S/C23H24N4O2/c28-23(25-29)22(18-6-2-1-3-7-18)19-9-11-20(12-10-19)26-14-16-27(17-15-26)21-8-4-5-13-24-21/h1-13,22,29H,14-17H2,(H,25,28). The first-order valence-corrected chi connectivity index (χ1v) is 9.76. The molecule has 1 saturated heterocycles. The summed E-state index contributed by atoms with van der Waals surface area (Å²) in [6.45, 7) is 3.65. The molecular weight excluding hydrogens is 364 g/mol. The van der Waals surface area contributed by atoms with Crippen LogP contribution < -0.4 is 15.3 Å². The lowest BCUT2D eigenvalue weighted by Gasteiger charge is -2.36. The van der Waals surface area contributed by atoms with Gasteiger partial charge < -0.3 is 9.80 Å². The minimum atomic E-state index is -0.545. The monoisotopic (exact) mass is 388 g/mol. The molecule has 0 saturated carbocycles. The van der Waals surface area contributed by atoms with E-state index in [4.69, 9.17) is 0 Å². The van der Waals surface area contributed by atoms with Crippen LogP contribution in [0.2, 0.25) is 0 Å². The maximum absolute atomic E-state index is 12.3. The van der Waals surface area contributed by atoms with E-state index in [1.165, 1.54) is 0 Å². The van der Waals surface area contributed by atoms with Crippen LogP contribution in [0.5, 0.6) is 0 Å². The van der Waals surface area contributed by atoms with E-state index in [0.717, 1.165) is 48.8 Å². The third-order valence-electron chi connectivity index (χ3n) is 5.35. The van der Waals surface area contributed by atoms with Crippen molar-refractivity contribution in [2.75, 3.05) is 36.0 Å².